The number of hydrogen-bond donors (Lipinski definition) is 2. The summed E-state index contributed by atoms with van der Waals surface area (Å²) in [5, 5.41) is 14.8. The highest BCUT2D eigenvalue weighted by Gasteiger charge is 1.99. The number of carbonyl (C=O) groups is 1. The Morgan fingerprint density at radius 2 is 2.50 bits per heavy atom. The maximum atomic E-state index is 10.2. The number of nitrogens with one attached hydrogen (secondary N) is 1. The number of carboxylic acid groups (broad SMARTS) is 1. The van der Waals surface area contributed by atoms with Crippen LogP contribution in [0.2, 0.25) is 0 Å². The molecule has 1 heterocycles. The summed E-state index contributed by atoms with van der Waals surface area (Å²) in [4.78, 5) is 10.2. The van der Waals surface area contributed by atoms with E-state index in [0.29, 0.717) is 13.1 Å². The highest BCUT2D eigenvalue weighted by molar-refractivity contribution is 5.64. The van der Waals surface area contributed by atoms with Crippen molar-refractivity contribution in [2.45, 2.75) is 19.4 Å². The lowest BCUT2D eigenvalue weighted by atomic mass is 10.2. The zero-order valence-electron chi connectivity index (χ0n) is 9.35. The third kappa shape index (κ3) is 4.79. The van der Waals surface area contributed by atoms with Crippen molar-refractivity contribution in [1.82, 2.24) is 15.1 Å². The molecule has 0 spiro atoms. The largest absolute Gasteiger partial charge is 0.465 e. The van der Waals surface area contributed by atoms with Crippen molar-refractivity contribution >= 4 is 6.09 Å². The minimum Gasteiger partial charge on any atom is -0.465 e. The van der Waals surface area contributed by atoms with E-state index in [4.69, 9.17) is 9.84 Å². The van der Waals surface area contributed by atoms with Crippen LogP contribution in [0.25, 0.3) is 0 Å². The number of nitrogens with zero attached hydrogens (tertiary/aromatic N) is 2. The lowest BCUT2D eigenvalue weighted by Crippen LogP contribution is -2.25. The maximum Gasteiger partial charge on any atom is 0.404 e. The van der Waals surface area contributed by atoms with E-state index in [1.165, 1.54) is 0 Å². The van der Waals surface area contributed by atoms with Crippen LogP contribution in [-0.4, -0.2) is 41.2 Å². The van der Waals surface area contributed by atoms with Gasteiger partial charge in [-0.1, -0.05) is 0 Å². The predicted molar refractivity (Wildman–Crippen MR) is 58.5 cm³/mol. The van der Waals surface area contributed by atoms with Crippen LogP contribution in [0.15, 0.2) is 12.4 Å². The lowest BCUT2D eigenvalue weighted by molar-refractivity contribution is 0.194. The van der Waals surface area contributed by atoms with Gasteiger partial charge in [0.25, 0.3) is 0 Å². The predicted octanol–water partition coefficient (Wildman–Crippen LogP) is 0.730. The van der Waals surface area contributed by atoms with Gasteiger partial charge in [-0.3, -0.25) is 4.68 Å². The number of aromatic nitrogens is 2. The van der Waals surface area contributed by atoms with Gasteiger partial charge in [-0.15, -0.1) is 0 Å². The van der Waals surface area contributed by atoms with E-state index in [-0.39, 0.29) is 0 Å². The molecule has 0 unspecified atom stereocenters. The van der Waals surface area contributed by atoms with Crippen LogP contribution in [0.5, 0.6) is 0 Å². The highest BCUT2D eigenvalue weighted by atomic mass is 16.5. The first-order chi connectivity index (χ1) is 7.72. The Morgan fingerprint density at radius 1 is 1.69 bits per heavy atom. The molecule has 1 aromatic rings. The van der Waals surface area contributed by atoms with Gasteiger partial charge in [-0.2, -0.15) is 5.10 Å². The summed E-state index contributed by atoms with van der Waals surface area (Å²) in [6.45, 7) is 1.66. The molecule has 1 aromatic heterocycles. The number of ether oxygens (including phenoxy) is 1. The number of aryl methyl sites for hydroxylation is 1. The Bertz CT molecular complexity index is 325. The summed E-state index contributed by atoms with van der Waals surface area (Å²) in [5.41, 5.74) is 1.15. The van der Waals surface area contributed by atoms with Crippen LogP contribution in [0.3, 0.4) is 0 Å². The van der Waals surface area contributed by atoms with Crippen molar-refractivity contribution in [1.29, 1.82) is 0 Å². The summed E-state index contributed by atoms with van der Waals surface area (Å²) >= 11 is 0. The normalized spacial score (nSPS) is 10.3. The molecular weight excluding hydrogens is 210 g/mol. The summed E-state index contributed by atoms with van der Waals surface area (Å²) in [6.07, 6.45) is 4.62. The van der Waals surface area contributed by atoms with E-state index in [1.807, 2.05) is 6.20 Å². The van der Waals surface area contributed by atoms with Gasteiger partial charge >= 0.3 is 6.09 Å². The smallest absolute Gasteiger partial charge is 0.404 e. The molecule has 1 rings (SSSR count). The second-order valence-electron chi connectivity index (χ2n) is 3.44. The van der Waals surface area contributed by atoms with Gasteiger partial charge in [-0.05, 0) is 18.4 Å². The lowest BCUT2D eigenvalue weighted by Gasteiger charge is -2.00. The second kappa shape index (κ2) is 6.84. The molecule has 0 fully saturated rings. The standard InChI is InChI=1S/C10H17N3O3/c1-16-6-2-3-9-7-12-13(8-9)5-4-11-10(14)15/h7-8,11H,2-6H2,1H3,(H,14,15). The van der Waals surface area contributed by atoms with Crippen LogP contribution in [0, 0.1) is 0 Å². The molecule has 0 bridgehead atoms. The molecule has 6 heteroatoms. The van der Waals surface area contributed by atoms with Crippen molar-refractivity contribution in [2.24, 2.45) is 0 Å². The van der Waals surface area contributed by atoms with Crippen molar-refractivity contribution in [3.8, 4) is 0 Å². The first kappa shape index (κ1) is 12.5. The molecule has 1 amide bonds. The zero-order chi connectivity index (χ0) is 11.8. The van der Waals surface area contributed by atoms with E-state index in [9.17, 15) is 4.79 Å². The molecule has 0 saturated carbocycles. The van der Waals surface area contributed by atoms with Gasteiger partial charge in [0.05, 0.1) is 12.7 Å². The topological polar surface area (TPSA) is 76.4 Å². The minimum absolute atomic E-state index is 0.370. The fourth-order valence-electron chi connectivity index (χ4n) is 1.36. The van der Waals surface area contributed by atoms with Crippen LogP contribution >= 0.6 is 0 Å². The van der Waals surface area contributed by atoms with E-state index in [1.54, 1.807) is 18.0 Å². The SMILES string of the molecule is COCCCc1cnn(CCNC(=O)O)c1. The Balaban J connectivity index is 2.25. The Hall–Kier alpha value is -1.56. The second-order valence-corrected chi connectivity index (χ2v) is 3.44. The molecule has 0 aliphatic carbocycles. The van der Waals surface area contributed by atoms with Gasteiger partial charge in [0.2, 0.25) is 0 Å². The molecule has 0 aliphatic heterocycles. The van der Waals surface area contributed by atoms with Crippen LogP contribution in [-0.2, 0) is 17.7 Å². The highest BCUT2D eigenvalue weighted by Crippen LogP contribution is 2.01. The fraction of sp³-hybridized carbons (Fsp3) is 0.600. The third-order valence-corrected chi connectivity index (χ3v) is 2.12. The first-order valence-corrected chi connectivity index (χ1v) is 5.19. The number of hydrogen-bond acceptors (Lipinski definition) is 3. The molecule has 0 saturated heterocycles. The zero-order valence-corrected chi connectivity index (χ0v) is 9.35. The van der Waals surface area contributed by atoms with Gasteiger partial charge in [0.1, 0.15) is 0 Å². The summed E-state index contributed by atoms with van der Waals surface area (Å²) in [5.74, 6) is 0. The van der Waals surface area contributed by atoms with Gasteiger partial charge in [0.15, 0.2) is 0 Å². The number of rotatable bonds is 7. The monoisotopic (exact) mass is 227 g/mol. The van der Waals surface area contributed by atoms with Crippen LogP contribution in [0.4, 0.5) is 4.79 Å². The molecule has 90 valence electrons. The Kier molecular flexibility index (Phi) is 5.35. The molecular formula is C10H17N3O3. The van der Waals surface area contributed by atoms with Crippen molar-refractivity contribution in [2.75, 3.05) is 20.3 Å². The maximum absolute atomic E-state index is 10.2. The van der Waals surface area contributed by atoms with E-state index in [0.717, 1.165) is 25.0 Å². The molecule has 0 radical (unpaired) electrons. The van der Waals surface area contributed by atoms with Crippen molar-refractivity contribution < 1.29 is 14.6 Å². The molecule has 6 nitrogen and oxygen atoms in total. The van der Waals surface area contributed by atoms with E-state index >= 15 is 0 Å². The van der Waals surface area contributed by atoms with Crippen molar-refractivity contribution in [3.05, 3.63) is 18.0 Å². The average Bonchev–Trinajstić information content (AvgIpc) is 2.66. The summed E-state index contributed by atoms with van der Waals surface area (Å²) in [6, 6.07) is 0. The van der Waals surface area contributed by atoms with Crippen molar-refractivity contribution in [3.63, 3.8) is 0 Å². The molecule has 0 aromatic carbocycles. The Morgan fingerprint density at radius 3 is 3.19 bits per heavy atom. The average molecular weight is 227 g/mol. The quantitative estimate of drug-likeness (QED) is 0.673. The van der Waals surface area contributed by atoms with E-state index < -0.39 is 6.09 Å². The van der Waals surface area contributed by atoms with Gasteiger partial charge in [-0.25, -0.2) is 4.79 Å². The number of methoxy groups -OCH3 is 1. The fourth-order valence-corrected chi connectivity index (χ4v) is 1.36. The number of amides is 1. The minimum atomic E-state index is -1.01. The third-order valence-electron chi connectivity index (χ3n) is 2.12. The molecule has 0 aliphatic rings. The van der Waals surface area contributed by atoms with Gasteiger partial charge < -0.3 is 15.2 Å². The molecule has 0 atom stereocenters. The van der Waals surface area contributed by atoms with Crippen LogP contribution in [0.1, 0.15) is 12.0 Å². The van der Waals surface area contributed by atoms with Gasteiger partial charge in [0, 0.05) is 26.5 Å². The van der Waals surface area contributed by atoms with E-state index in [2.05, 4.69) is 10.4 Å². The summed E-state index contributed by atoms with van der Waals surface area (Å²) < 4.78 is 6.69. The summed E-state index contributed by atoms with van der Waals surface area (Å²) in [7, 11) is 1.68. The Labute approximate surface area is 94.2 Å². The van der Waals surface area contributed by atoms with Crippen LogP contribution < -0.4 is 5.32 Å². The first-order valence-electron chi connectivity index (χ1n) is 5.19. The molecule has 2 N–H and O–H groups in total. The molecule has 16 heavy (non-hydrogen) atoms.